The van der Waals surface area contributed by atoms with Gasteiger partial charge < -0.3 is 28.5 Å². The van der Waals surface area contributed by atoms with E-state index in [4.69, 9.17) is 18.9 Å². The zero-order valence-electron chi connectivity index (χ0n) is 52.8. The number of quaternary nitrogens is 1. The van der Waals surface area contributed by atoms with Crippen molar-refractivity contribution in [3.8, 4) is 0 Å². The van der Waals surface area contributed by atoms with E-state index in [9.17, 15) is 19.5 Å². The molecule has 9 heteroatoms. The number of aliphatic carboxylic acids is 1. The number of unbranched alkanes of at least 4 members (excludes halogenated alkanes) is 19. The highest BCUT2D eigenvalue weighted by molar-refractivity contribution is 5.71. The summed E-state index contributed by atoms with van der Waals surface area (Å²) in [7, 11) is 5.95. The molecule has 0 saturated heterocycles. The van der Waals surface area contributed by atoms with Crippen LogP contribution in [0.4, 0.5) is 0 Å². The molecule has 0 saturated carbocycles. The average Bonchev–Trinajstić information content (AvgIpc) is 3.45. The van der Waals surface area contributed by atoms with Crippen molar-refractivity contribution in [1.29, 1.82) is 0 Å². The van der Waals surface area contributed by atoms with Crippen LogP contribution < -0.4 is 0 Å². The minimum atomic E-state index is -1.52. The molecule has 1 N–H and O–H groups in total. The van der Waals surface area contributed by atoms with Gasteiger partial charge in [0.2, 0.25) is 0 Å². The zero-order chi connectivity index (χ0) is 59.8. The maximum Gasteiger partial charge on any atom is 0.361 e. The molecule has 2 unspecified atom stereocenters. The zero-order valence-corrected chi connectivity index (χ0v) is 52.8. The Kier molecular flexibility index (Phi) is 58.6. The molecular formula is C73H120NO8+. The average molecular weight is 1140 g/mol. The summed E-state index contributed by atoms with van der Waals surface area (Å²) in [6, 6.07) is 0. The SMILES string of the molecule is CC/C=C\C/C=C\C/C=C\C/C=C\C/C=C\C/C=C\C/C=C\C/C=C\C/C=C\C/C=C\C/C=C\C/C=C\CCCCCCC(=O)OC(COC(=O)CCCCCCCCCCCCCCCCCC)COC(OCC[N+](C)(C)C)C(=O)O. The number of hydrogen-bond acceptors (Lipinski definition) is 7. The fraction of sp³-hybridized carbons (Fsp3) is 0.630. The molecule has 0 heterocycles. The summed E-state index contributed by atoms with van der Waals surface area (Å²) in [4.78, 5) is 37.5. The van der Waals surface area contributed by atoms with Gasteiger partial charge in [-0.05, 0) is 103 Å². The summed E-state index contributed by atoms with van der Waals surface area (Å²) in [6.45, 7) is 4.73. The molecule has 0 rings (SSSR count). The predicted octanol–water partition coefficient (Wildman–Crippen LogP) is 20.0. The minimum Gasteiger partial charge on any atom is -0.477 e. The van der Waals surface area contributed by atoms with Gasteiger partial charge in [0.1, 0.15) is 13.2 Å². The van der Waals surface area contributed by atoms with Crippen LogP contribution in [0, 0.1) is 0 Å². The van der Waals surface area contributed by atoms with Gasteiger partial charge in [-0.15, -0.1) is 0 Å². The first-order valence-corrected chi connectivity index (χ1v) is 32.5. The first-order valence-electron chi connectivity index (χ1n) is 32.5. The topological polar surface area (TPSA) is 108 Å². The van der Waals surface area contributed by atoms with Crippen molar-refractivity contribution in [2.75, 3.05) is 47.5 Å². The Hall–Kier alpha value is -4.83. The normalized spacial score (nSPS) is 13.7. The Morgan fingerprint density at radius 2 is 0.695 bits per heavy atom. The second-order valence-corrected chi connectivity index (χ2v) is 22.3. The van der Waals surface area contributed by atoms with Crippen molar-refractivity contribution < 1.29 is 42.9 Å². The molecule has 2 atom stereocenters. The molecule has 0 aromatic carbocycles. The van der Waals surface area contributed by atoms with E-state index in [0.29, 0.717) is 23.9 Å². The van der Waals surface area contributed by atoms with Crippen LogP contribution in [-0.2, 0) is 33.3 Å². The summed E-state index contributed by atoms with van der Waals surface area (Å²) in [5.74, 6) is -2.05. The fourth-order valence-corrected chi connectivity index (χ4v) is 8.41. The predicted molar refractivity (Wildman–Crippen MR) is 350 cm³/mol. The summed E-state index contributed by atoms with van der Waals surface area (Å²) in [6.07, 6.45) is 88.0. The van der Waals surface area contributed by atoms with E-state index in [1.54, 1.807) is 0 Å². The van der Waals surface area contributed by atoms with Crippen molar-refractivity contribution in [2.24, 2.45) is 0 Å². The van der Waals surface area contributed by atoms with E-state index in [-0.39, 0.29) is 32.2 Å². The number of carboxylic acids is 1. The van der Waals surface area contributed by atoms with Gasteiger partial charge in [-0.3, -0.25) is 9.59 Å². The highest BCUT2D eigenvalue weighted by atomic mass is 16.7. The number of carbonyl (C=O) groups excluding carboxylic acids is 2. The first-order chi connectivity index (χ1) is 40.1. The summed E-state index contributed by atoms with van der Waals surface area (Å²) in [5, 5.41) is 9.71. The highest BCUT2D eigenvalue weighted by Gasteiger charge is 2.25. The van der Waals surface area contributed by atoms with Crippen molar-refractivity contribution in [1.82, 2.24) is 0 Å². The van der Waals surface area contributed by atoms with Crippen molar-refractivity contribution in [3.05, 3.63) is 146 Å². The lowest BCUT2D eigenvalue weighted by molar-refractivity contribution is -0.870. The Labute approximate surface area is 502 Å². The van der Waals surface area contributed by atoms with Gasteiger partial charge in [0.05, 0.1) is 34.4 Å². The lowest BCUT2D eigenvalue weighted by Gasteiger charge is -2.25. The second kappa shape index (κ2) is 62.2. The van der Waals surface area contributed by atoms with Crippen LogP contribution in [0.3, 0.4) is 0 Å². The molecule has 0 aliphatic carbocycles. The largest absolute Gasteiger partial charge is 0.477 e. The van der Waals surface area contributed by atoms with Gasteiger partial charge in [-0.2, -0.15) is 0 Å². The Bertz CT molecular complexity index is 1850. The summed E-state index contributed by atoms with van der Waals surface area (Å²) < 4.78 is 22.9. The van der Waals surface area contributed by atoms with Gasteiger partial charge in [-0.25, -0.2) is 4.79 Å². The Morgan fingerprint density at radius 1 is 0.378 bits per heavy atom. The Morgan fingerprint density at radius 3 is 1.04 bits per heavy atom. The van der Waals surface area contributed by atoms with Crippen molar-refractivity contribution >= 4 is 17.9 Å². The van der Waals surface area contributed by atoms with Crippen LogP contribution in [0.1, 0.15) is 239 Å². The molecule has 82 heavy (non-hydrogen) atoms. The second-order valence-electron chi connectivity index (χ2n) is 22.3. The van der Waals surface area contributed by atoms with E-state index < -0.39 is 24.3 Å². The number of rotatable bonds is 58. The molecule has 9 nitrogen and oxygen atoms in total. The van der Waals surface area contributed by atoms with Gasteiger partial charge in [0.15, 0.2) is 6.10 Å². The monoisotopic (exact) mass is 1140 g/mol. The van der Waals surface area contributed by atoms with Crippen LogP contribution in [0.5, 0.6) is 0 Å². The van der Waals surface area contributed by atoms with E-state index in [1.807, 2.05) is 21.1 Å². The minimum absolute atomic E-state index is 0.176. The van der Waals surface area contributed by atoms with E-state index in [1.165, 1.54) is 83.5 Å². The third-order valence-corrected chi connectivity index (χ3v) is 13.4. The van der Waals surface area contributed by atoms with Crippen molar-refractivity contribution in [3.63, 3.8) is 0 Å². The first kappa shape index (κ1) is 77.2. The number of nitrogens with zero attached hydrogens (tertiary/aromatic N) is 1. The van der Waals surface area contributed by atoms with Gasteiger partial charge in [0, 0.05) is 12.8 Å². The van der Waals surface area contributed by atoms with Crippen LogP contribution >= 0.6 is 0 Å². The number of carbonyl (C=O) groups is 3. The molecule has 0 radical (unpaired) electrons. The molecule has 0 bridgehead atoms. The lowest BCUT2D eigenvalue weighted by atomic mass is 10.0. The molecule has 0 aromatic heterocycles. The lowest BCUT2D eigenvalue weighted by Crippen LogP contribution is -2.40. The van der Waals surface area contributed by atoms with E-state index >= 15 is 0 Å². The van der Waals surface area contributed by atoms with Crippen LogP contribution in [-0.4, -0.2) is 87.4 Å². The molecule has 0 fully saturated rings. The number of carboxylic acid groups (broad SMARTS) is 1. The maximum absolute atomic E-state index is 12.9. The third kappa shape index (κ3) is 62.8. The summed E-state index contributed by atoms with van der Waals surface area (Å²) in [5.41, 5.74) is 0. The number of allylic oxidation sites excluding steroid dienone is 24. The van der Waals surface area contributed by atoms with Crippen molar-refractivity contribution in [2.45, 2.75) is 251 Å². The van der Waals surface area contributed by atoms with E-state index in [2.05, 4.69) is 160 Å². The third-order valence-electron chi connectivity index (χ3n) is 13.4. The number of esters is 2. The molecule has 464 valence electrons. The molecule has 0 aliphatic rings. The smallest absolute Gasteiger partial charge is 0.361 e. The number of hydrogen-bond donors (Lipinski definition) is 1. The fourth-order valence-electron chi connectivity index (χ4n) is 8.41. The maximum atomic E-state index is 12.9. The van der Waals surface area contributed by atoms with Crippen LogP contribution in [0.25, 0.3) is 0 Å². The highest BCUT2D eigenvalue weighted by Crippen LogP contribution is 2.15. The van der Waals surface area contributed by atoms with Crippen LogP contribution in [0.15, 0.2) is 146 Å². The molecule has 0 spiro atoms. The number of ether oxygens (including phenoxy) is 4. The quantitative estimate of drug-likeness (QED) is 0.0211. The summed E-state index contributed by atoms with van der Waals surface area (Å²) >= 11 is 0. The number of likely N-dealkylation sites (N-methyl/N-ethyl adjacent to an activating group) is 1. The van der Waals surface area contributed by atoms with Gasteiger partial charge in [0.25, 0.3) is 6.29 Å². The standard InChI is InChI=1S/C73H119NO8/c1-6-8-10-12-14-16-18-20-22-24-25-26-27-28-29-30-31-32-33-34-35-36-37-38-39-40-41-42-43-44-45-46-47-48-50-52-54-56-58-60-62-64-71(76)82-69(68-81-73(72(77)78)79-66-65-74(3,4)5)67-80-70(75)63-61-59-57-55-53-51-49-23-21-19-17-15-13-11-9-7-2/h8,10,14,16,20,22,25-26,28-29,31-32,34-35,37-38,40-41,43-44,46-47,50,52,69,73H,6-7,9,11-13,15,17-19,21,23-24,27,30,33,36,39,42,45,48-49,51,53-68H2,1-5H3/p+1/b10-8-,16-14-,22-20-,26-25-,29-28-,32-31-,35-34-,38-37-,41-40-,44-43-,47-46-,52-50-. The molecular weight excluding hydrogens is 1020 g/mol. The molecule has 0 aromatic rings. The molecule has 0 amide bonds. The Balaban J connectivity index is 4.23. The van der Waals surface area contributed by atoms with Gasteiger partial charge >= 0.3 is 17.9 Å². The van der Waals surface area contributed by atoms with E-state index in [0.717, 1.165) is 122 Å². The van der Waals surface area contributed by atoms with Crippen LogP contribution in [0.2, 0.25) is 0 Å². The van der Waals surface area contributed by atoms with Gasteiger partial charge in [-0.1, -0.05) is 269 Å². The molecule has 0 aliphatic heterocycles.